The normalized spacial score (nSPS) is 33.3. The van der Waals surface area contributed by atoms with Crippen LogP contribution in [0.2, 0.25) is 5.02 Å². The average molecular weight is 613 g/mol. The van der Waals surface area contributed by atoms with E-state index in [0.717, 1.165) is 61.7 Å². The first kappa shape index (κ1) is 29.5. The second-order valence-corrected chi connectivity index (χ2v) is 15.3. The molecule has 226 valence electrons. The lowest BCUT2D eigenvalue weighted by Crippen LogP contribution is -2.49. The van der Waals surface area contributed by atoms with Gasteiger partial charge in [-0.25, -0.2) is 13.1 Å². The number of ether oxygens (including phenoxy) is 2. The number of fused-ring (bicyclic) bond motifs is 4. The minimum absolute atomic E-state index is 0.0315. The molecule has 42 heavy (non-hydrogen) atoms. The summed E-state index contributed by atoms with van der Waals surface area (Å²) in [5.74, 6) is 0.710. The van der Waals surface area contributed by atoms with E-state index in [2.05, 4.69) is 27.8 Å². The second-order valence-electron chi connectivity index (χ2n) is 12.8. The fourth-order valence-corrected chi connectivity index (χ4v) is 8.87. The van der Waals surface area contributed by atoms with Gasteiger partial charge >= 0.3 is 0 Å². The van der Waals surface area contributed by atoms with E-state index in [-0.39, 0.29) is 17.4 Å². The summed E-state index contributed by atoms with van der Waals surface area (Å²) in [6.07, 6.45) is 9.93. The maximum absolute atomic E-state index is 13.4. The monoisotopic (exact) mass is 612 g/mol. The van der Waals surface area contributed by atoms with Gasteiger partial charge in [0.25, 0.3) is 5.91 Å². The number of nitrogens with one attached hydrogen (secondary N) is 1. The van der Waals surface area contributed by atoms with Crippen LogP contribution < -0.4 is 14.4 Å². The summed E-state index contributed by atoms with van der Waals surface area (Å²) >= 11 is 6.40. The van der Waals surface area contributed by atoms with Gasteiger partial charge in [-0.3, -0.25) is 4.79 Å². The summed E-state index contributed by atoms with van der Waals surface area (Å²) in [5.41, 5.74) is 3.48. The fraction of sp³-hybridized carbons (Fsp3) is 0.545. The van der Waals surface area contributed by atoms with E-state index in [0.29, 0.717) is 30.4 Å². The maximum Gasteiger partial charge on any atom is 0.264 e. The Balaban J connectivity index is 1.43. The van der Waals surface area contributed by atoms with Gasteiger partial charge in [-0.1, -0.05) is 36.7 Å². The van der Waals surface area contributed by atoms with Gasteiger partial charge in [0.05, 0.1) is 23.6 Å². The zero-order chi connectivity index (χ0) is 29.6. The number of hydrogen-bond acceptors (Lipinski definition) is 6. The van der Waals surface area contributed by atoms with Crippen LogP contribution in [-0.4, -0.2) is 52.5 Å². The van der Waals surface area contributed by atoms with E-state index in [1.807, 2.05) is 31.2 Å². The number of benzene rings is 2. The molecule has 2 aromatic carbocycles. The topological polar surface area (TPSA) is 84.9 Å². The lowest BCUT2D eigenvalue weighted by atomic mass is 9.68. The maximum atomic E-state index is 13.4. The number of anilines is 1. The van der Waals surface area contributed by atoms with Crippen LogP contribution in [0.15, 0.2) is 48.6 Å². The Morgan fingerprint density at radius 2 is 1.98 bits per heavy atom. The second kappa shape index (κ2) is 11.5. The van der Waals surface area contributed by atoms with Crippen LogP contribution in [0.1, 0.15) is 67.4 Å². The third-order valence-corrected chi connectivity index (χ3v) is 12.4. The summed E-state index contributed by atoms with van der Waals surface area (Å²) in [6, 6.07) is 11.5. The number of carbonyl (C=O) groups is 1. The number of aryl methyl sites for hydroxylation is 1. The number of amides is 1. The highest BCUT2D eigenvalue weighted by Gasteiger charge is 2.44. The van der Waals surface area contributed by atoms with Gasteiger partial charge in [0.15, 0.2) is 0 Å². The van der Waals surface area contributed by atoms with Gasteiger partial charge in [0.1, 0.15) is 5.75 Å². The summed E-state index contributed by atoms with van der Waals surface area (Å²) < 4.78 is 41.3. The number of hydrogen-bond donors (Lipinski definition) is 1. The van der Waals surface area contributed by atoms with E-state index in [9.17, 15) is 13.2 Å². The van der Waals surface area contributed by atoms with E-state index in [4.69, 9.17) is 21.1 Å². The Bertz CT molecular complexity index is 1490. The van der Waals surface area contributed by atoms with E-state index < -0.39 is 21.2 Å². The number of allylic oxidation sites excluding steroid dienone is 1. The minimum atomic E-state index is -3.88. The van der Waals surface area contributed by atoms with Gasteiger partial charge in [0, 0.05) is 36.2 Å². The third kappa shape index (κ3) is 5.46. The van der Waals surface area contributed by atoms with Crippen LogP contribution >= 0.6 is 11.6 Å². The van der Waals surface area contributed by atoms with Gasteiger partial charge in [-0.05, 0) is 105 Å². The molecule has 0 aromatic heterocycles. The van der Waals surface area contributed by atoms with Crippen LogP contribution in [0, 0.1) is 17.8 Å². The molecule has 6 atom stereocenters. The summed E-state index contributed by atoms with van der Waals surface area (Å²) in [6.45, 7) is 5.63. The number of rotatable bonds is 1. The lowest BCUT2D eigenvalue weighted by Gasteiger charge is -2.46. The van der Waals surface area contributed by atoms with Crippen molar-refractivity contribution in [2.45, 2.75) is 69.1 Å². The van der Waals surface area contributed by atoms with Crippen molar-refractivity contribution in [1.29, 1.82) is 0 Å². The third-order valence-electron chi connectivity index (χ3n) is 10.3. The Hall–Kier alpha value is -2.55. The first-order valence-electron chi connectivity index (χ1n) is 15.2. The fourth-order valence-electron chi connectivity index (χ4n) is 7.39. The van der Waals surface area contributed by atoms with Gasteiger partial charge < -0.3 is 14.4 Å². The van der Waals surface area contributed by atoms with Gasteiger partial charge in [-0.15, -0.1) is 0 Å². The van der Waals surface area contributed by atoms with E-state index >= 15 is 0 Å². The quantitative estimate of drug-likeness (QED) is 0.404. The molecule has 2 aromatic rings. The molecule has 1 spiro atoms. The van der Waals surface area contributed by atoms with Crippen LogP contribution in [0.25, 0.3) is 0 Å². The summed E-state index contributed by atoms with van der Waals surface area (Å²) in [4.78, 5) is 15.7. The molecule has 1 saturated carbocycles. The highest BCUT2D eigenvalue weighted by Crippen LogP contribution is 2.47. The summed E-state index contributed by atoms with van der Waals surface area (Å²) in [5, 5.41) is 0.00998. The molecule has 2 heterocycles. The predicted octanol–water partition coefficient (Wildman–Crippen LogP) is 5.90. The van der Waals surface area contributed by atoms with Crippen molar-refractivity contribution in [3.05, 3.63) is 70.3 Å². The molecule has 2 aliphatic heterocycles. The molecule has 1 amide bonds. The molecule has 0 radical (unpaired) electrons. The van der Waals surface area contributed by atoms with Crippen molar-refractivity contribution in [2.75, 3.05) is 31.7 Å². The molecule has 6 rings (SSSR count). The molecule has 5 unspecified atom stereocenters. The van der Waals surface area contributed by atoms with Crippen molar-refractivity contribution in [3.63, 3.8) is 0 Å². The van der Waals surface area contributed by atoms with Crippen molar-refractivity contribution >= 4 is 33.2 Å². The smallest absolute Gasteiger partial charge is 0.264 e. The zero-order valence-corrected chi connectivity index (χ0v) is 26.2. The molecular formula is C33H41ClN2O5S. The standard InChI is InChI=1S/C33H41ClN2O5S/c1-21-6-4-8-30(40-3)27-12-9-25(27)18-36-19-33(15-5-7-23-16-26(34)11-13-28(23)33)20-41-31-14-10-24(17-29(31)36)32(37)35-42(38,39)22(21)2/h4,8,10-11,13-14,16-17,21-22,25,27,30H,5-7,9,12,15,18-20H2,1-3H3,(H,35,37)/b8-4+/t21?,22?,25?,27?,30?,33-/m0/s1. The number of methoxy groups -OCH3 is 1. The van der Waals surface area contributed by atoms with E-state index in [1.54, 1.807) is 20.1 Å². The minimum Gasteiger partial charge on any atom is -0.490 e. The van der Waals surface area contributed by atoms with E-state index in [1.165, 1.54) is 11.1 Å². The number of carbonyl (C=O) groups excluding carboxylic acids is 1. The molecule has 4 aliphatic rings. The average Bonchev–Trinajstić information content (AvgIpc) is 3.10. The van der Waals surface area contributed by atoms with Crippen LogP contribution in [0.4, 0.5) is 5.69 Å². The molecular weight excluding hydrogens is 572 g/mol. The highest BCUT2D eigenvalue weighted by molar-refractivity contribution is 7.90. The summed E-state index contributed by atoms with van der Waals surface area (Å²) in [7, 11) is -2.13. The zero-order valence-electron chi connectivity index (χ0n) is 24.6. The van der Waals surface area contributed by atoms with Gasteiger partial charge in [0.2, 0.25) is 10.0 Å². The molecule has 9 heteroatoms. The van der Waals surface area contributed by atoms with Crippen molar-refractivity contribution in [1.82, 2.24) is 4.72 Å². The molecule has 2 bridgehead atoms. The van der Waals surface area contributed by atoms with Crippen LogP contribution in [0.3, 0.4) is 0 Å². The molecule has 0 saturated heterocycles. The molecule has 2 aliphatic carbocycles. The molecule has 1 fully saturated rings. The van der Waals surface area contributed by atoms with Crippen molar-refractivity contribution in [2.24, 2.45) is 17.8 Å². The Morgan fingerprint density at radius 3 is 2.74 bits per heavy atom. The Kier molecular flexibility index (Phi) is 8.09. The molecule has 7 nitrogen and oxygen atoms in total. The first-order chi connectivity index (χ1) is 20.1. The van der Waals surface area contributed by atoms with Gasteiger partial charge in [-0.2, -0.15) is 0 Å². The number of halogens is 1. The largest absolute Gasteiger partial charge is 0.490 e. The predicted molar refractivity (Wildman–Crippen MR) is 166 cm³/mol. The van der Waals surface area contributed by atoms with Crippen molar-refractivity contribution < 1.29 is 22.7 Å². The van der Waals surface area contributed by atoms with Crippen LogP contribution in [-0.2, 0) is 26.6 Å². The van der Waals surface area contributed by atoms with Crippen molar-refractivity contribution in [3.8, 4) is 5.75 Å². The lowest BCUT2D eigenvalue weighted by molar-refractivity contribution is 0.0131. The Morgan fingerprint density at radius 1 is 1.14 bits per heavy atom. The SMILES string of the molecule is COC1/C=C/CC(C)C(C)S(=O)(=O)NC(=O)c2ccc3c(c2)N(CC2CCC21)C[C@@]1(CCCc2cc(Cl)ccc21)CO3. The Labute approximate surface area is 254 Å². The number of sulfonamides is 1. The highest BCUT2D eigenvalue weighted by atomic mass is 35.5. The van der Waals surface area contributed by atoms with Crippen LogP contribution in [0.5, 0.6) is 5.75 Å². The number of nitrogens with zero attached hydrogens (tertiary/aromatic N) is 1. The first-order valence-corrected chi connectivity index (χ1v) is 17.1. The molecule has 1 N–H and O–H groups in total.